The summed E-state index contributed by atoms with van der Waals surface area (Å²) in [7, 11) is 0. The van der Waals surface area contributed by atoms with Gasteiger partial charge in [-0.1, -0.05) is 312 Å². The number of ether oxygens (including phenoxy) is 1. The molecule has 0 aliphatic carbocycles. The van der Waals surface area contributed by atoms with Gasteiger partial charge in [0, 0.05) is 12.8 Å². The molecule has 0 radical (unpaired) electrons. The summed E-state index contributed by atoms with van der Waals surface area (Å²) in [5.74, 6) is -0.121. The molecule has 6 nitrogen and oxygen atoms in total. The molecule has 0 bridgehead atoms. The lowest BCUT2D eigenvalue weighted by Crippen LogP contribution is -2.45. The van der Waals surface area contributed by atoms with Crippen molar-refractivity contribution in [3.63, 3.8) is 0 Å². The molecule has 0 fully saturated rings. The van der Waals surface area contributed by atoms with Gasteiger partial charge in [0.25, 0.3) is 0 Å². The van der Waals surface area contributed by atoms with Gasteiger partial charge in [0.05, 0.1) is 25.4 Å². The van der Waals surface area contributed by atoms with Gasteiger partial charge in [-0.25, -0.2) is 0 Å². The van der Waals surface area contributed by atoms with Gasteiger partial charge in [-0.2, -0.15) is 0 Å². The standard InChI is InChI=1S/C69H127NO5/c1-3-5-7-9-11-13-15-17-19-20-21-22-23-25-28-31-34-37-41-45-49-53-57-61-67(72)66(65-71)70-68(73)62-58-54-50-46-42-38-35-32-29-26-24-27-30-33-36-40-44-48-52-56-60-64-75-69(74)63-59-55-51-47-43-39-18-16-14-12-10-8-6-4-2/h10,12,16,18,40,44,52,56-57,61,66-67,71-72H,3-9,11,13-15,17,19-39,41-43,45-51,53-55,58-60,62-65H2,1-2H3,(H,70,73)/b12-10-,18-16-,44-40-,56-52-,61-57+. The Hall–Kier alpha value is -2.44. The predicted octanol–water partition coefficient (Wildman–Crippen LogP) is 21.1. The van der Waals surface area contributed by atoms with Crippen LogP contribution in [0.2, 0.25) is 0 Å². The molecule has 0 aromatic heterocycles. The van der Waals surface area contributed by atoms with Crippen molar-refractivity contribution in [3.8, 4) is 0 Å². The van der Waals surface area contributed by atoms with Crippen LogP contribution in [0.5, 0.6) is 0 Å². The zero-order chi connectivity index (χ0) is 54.3. The van der Waals surface area contributed by atoms with Crippen molar-refractivity contribution in [1.29, 1.82) is 0 Å². The fraction of sp³-hybridized carbons (Fsp3) is 0.826. The zero-order valence-corrected chi connectivity index (χ0v) is 50.0. The van der Waals surface area contributed by atoms with Crippen LogP contribution in [0.4, 0.5) is 0 Å². The number of allylic oxidation sites excluding steroid dienone is 8. The van der Waals surface area contributed by atoms with Crippen LogP contribution >= 0.6 is 0 Å². The van der Waals surface area contributed by atoms with E-state index in [2.05, 4.69) is 67.8 Å². The Labute approximate surface area is 467 Å². The SMILES string of the molecule is CCCC/C=C\C/C=C\CCCCCCCC(=O)OCC/C=C\C/C=C\CCCCCCCCCCCCCCCCC(=O)NC(CO)C(O)/C=C/CCCCCCCCCCCCCCCCCCCCCCC. The van der Waals surface area contributed by atoms with Gasteiger partial charge < -0.3 is 20.3 Å². The van der Waals surface area contributed by atoms with Gasteiger partial charge in [0.2, 0.25) is 5.91 Å². The van der Waals surface area contributed by atoms with E-state index in [0.29, 0.717) is 19.4 Å². The largest absolute Gasteiger partial charge is 0.465 e. The summed E-state index contributed by atoms with van der Waals surface area (Å²) in [5, 5.41) is 23.2. The predicted molar refractivity (Wildman–Crippen MR) is 328 cm³/mol. The molecular formula is C69H127NO5. The zero-order valence-electron chi connectivity index (χ0n) is 50.0. The summed E-state index contributed by atoms with van der Waals surface area (Å²) in [6.07, 6.45) is 84.3. The fourth-order valence-corrected chi connectivity index (χ4v) is 9.96. The number of hydrogen-bond donors (Lipinski definition) is 3. The molecule has 0 aliphatic heterocycles. The third-order valence-electron chi connectivity index (χ3n) is 15.0. The lowest BCUT2D eigenvalue weighted by atomic mass is 10.0. The second-order valence-electron chi connectivity index (χ2n) is 22.4. The molecule has 1 amide bonds. The molecule has 6 heteroatoms. The number of nitrogens with one attached hydrogen (secondary N) is 1. The van der Waals surface area contributed by atoms with Crippen molar-refractivity contribution in [2.45, 2.75) is 353 Å². The maximum absolute atomic E-state index is 12.5. The topological polar surface area (TPSA) is 95.9 Å². The van der Waals surface area contributed by atoms with Crippen molar-refractivity contribution in [3.05, 3.63) is 60.8 Å². The van der Waals surface area contributed by atoms with Gasteiger partial charge in [-0.15, -0.1) is 0 Å². The van der Waals surface area contributed by atoms with E-state index in [1.807, 2.05) is 6.08 Å². The van der Waals surface area contributed by atoms with Crippen LogP contribution in [0.3, 0.4) is 0 Å². The minimum atomic E-state index is -0.851. The third kappa shape index (κ3) is 60.6. The molecule has 0 aromatic rings. The van der Waals surface area contributed by atoms with Crippen LogP contribution in [0, 0.1) is 0 Å². The van der Waals surface area contributed by atoms with Gasteiger partial charge in [-0.3, -0.25) is 9.59 Å². The van der Waals surface area contributed by atoms with Crippen molar-refractivity contribution in [2.24, 2.45) is 0 Å². The summed E-state index contributed by atoms with van der Waals surface area (Å²) < 4.78 is 5.41. The molecule has 75 heavy (non-hydrogen) atoms. The lowest BCUT2D eigenvalue weighted by Gasteiger charge is -2.20. The summed E-state index contributed by atoms with van der Waals surface area (Å²) in [4.78, 5) is 24.5. The summed E-state index contributed by atoms with van der Waals surface area (Å²) in [6.45, 7) is 4.76. The minimum Gasteiger partial charge on any atom is -0.465 e. The third-order valence-corrected chi connectivity index (χ3v) is 15.0. The Morgan fingerprint density at radius 1 is 0.373 bits per heavy atom. The molecule has 0 aromatic carbocycles. The highest BCUT2D eigenvalue weighted by Gasteiger charge is 2.18. The maximum Gasteiger partial charge on any atom is 0.305 e. The second-order valence-corrected chi connectivity index (χ2v) is 22.4. The number of aliphatic hydroxyl groups excluding tert-OH is 2. The molecular weight excluding hydrogens is 923 g/mol. The molecule has 438 valence electrons. The Bertz CT molecular complexity index is 1300. The summed E-state index contributed by atoms with van der Waals surface area (Å²) in [6, 6.07) is -0.635. The first-order chi connectivity index (χ1) is 37.0. The van der Waals surface area contributed by atoms with E-state index in [1.54, 1.807) is 6.08 Å². The van der Waals surface area contributed by atoms with E-state index in [0.717, 1.165) is 64.2 Å². The number of unbranched alkanes of at least 4 members (excludes halogenated alkanes) is 42. The minimum absolute atomic E-state index is 0.0507. The molecule has 0 saturated heterocycles. The maximum atomic E-state index is 12.5. The molecule has 0 heterocycles. The van der Waals surface area contributed by atoms with Crippen molar-refractivity contribution in [1.82, 2.24) is 5.32 Å². The van der Waals surface area contributed by atoms with Crippen LogP contribution in [0.1, 0.15) is 341 Å². The first kappa shape index (κ1) is 72.6. The summed E-state index contributed by atoms with van der Waals surface area (Å²) in [5.41, 5.74) is 0. The van der Waals surface area contributed by atoms with Crippen LogP contribution in [0.25, 0.3) is 0 Å². The lowest BCUT2D eigenvalue weighted by molar-refractivity contribution is -0.143. The molecule has 0 rings (SSSR count). The Morgan fingerprint density at radius 3 is 1.05 bits per heavy atom. The first-order valence-electron chi connectivity index (χ1n) is 33.1. The van der Waals surface area contributed by atoms with Crippen molar-refractivity contribution < 1.29 is 24.5 Å². The quantitative estimate of drug-likeness (QED) is 0.0320. The van der Waals surface area contributed by atoms with E-state index in [4.69, 9.17) is 4.74 Å². The van der Waals surface area contributed by atoms with E-state index in [9.17, 15) is 19.8 Å². The van der Waals surface area contributed by atoms with Gasteiger partial charge in [0.15, 0.2) is 0 Å². The first-order valence-corrected chi connectivity index (χ1v) is 33.1. The summed E-state index contributed by atoms with van der Waals surface area (Å²) >= 11 is 0. The van der Waals surface area contributed by atoms with E-state index in [-0.39, 0.29) is 18.5 Å². The molecule has 0 spiro atoms. The smallest absolute Gasteiger partial charge is 0.305 e. The van der Waals surface area contributed by atoms with E-state index in [1.165, 1.54) is 250 Å². The van der Waals surface area contributed by atoms with E-state index < -0.39 is 12.1 Å². The molecule has 0 saturated carbocycles. The van der Waals surface area contributed by atoms with E-state index >= 15 is 0 Å². The number of aliphatic hydroxyl groups is 2. The number of rotatable bonds is 61. The normalized spacial score (nSPS) is 13.0. The highest BCUT2D eigenvalue weighted by atomic mass is 16.5. The van der Waals surface area contributed by atoms with Crippen LogP contribution in [-0.4, -0.2) is 47.4 Å². The van der Waals surface area contributed by atoms with Crippen molar-refractivity contribution in [2.75, 3.05) is 13.2 Å². The van der Waals surface area contributed by atoms with Crippen LogP contribution in [0.15, 0.2) is 60.8 Å². The average molecular weight is 1050 g/mol. The highest BCUT2D eigenvalue weighted by Crippen LogP contribution is 2.17. The number of carbonyl (C=O) groups excluding carboxylic acids is 2. The highest BCUT2D eigenvalue weighted by molar-refractivity contribution is 5.76. The molecule has 3 N–H and O–H groups in total. The molecule has 2 atom stereocenters. The van der Waals surface area contributed by atoms with Gasteiger partial charge in [0.1, 0.15) is 0 Å². The van der Waals surface area contributed by atoms with Crippen LogP contribution < -0.4 is 5.32 Å². The second kappa shape index (κ2) is 64.1. The van der Waals surface area contributed by atoms with Gasteiger partial charge in [-0.05, 0) is 77.0 Å². The Balaban J connectivity index is 3.49. The monoisotopic (exact) mass is 1050 g/mol. The fourth-order valence-electron chi connectivity index (χ4n) is 9.96. The number of hydrogen-bond acceptors (Lipinski definition) is 5. The van der Waals surface area contributed by atoms with Crippen LogP contribution in [-0.2, 0) is 14.3 Å². The Kier molecular flexibility index (Phi) is 62.0. The van der Waals surface area contributed by atoms with Gasteiger partial charge >= 0.3 is 5.97 Å². The number of carbonyl (C=O) groups is 2. The number of amides is 1. The Morgan fingerprint density at radius 2 is 0.680 bits per heavy atom. The molecule has 2 unspecified atom stereocenters. The number of esters is 1. The van der Waals surface area contributed by atoms with Crippen molar-refractivity contribution >= 4 is 11.9 Å². The average Bonchev–Trinajstić information content (AvgIpc) is 3.41. The molecule has 0 aliphatic rings.